The fourth-order valence-electron chi connectivity index (χ4n) is 3.29. The van der Waals surface area contributed by atoms with Gasteiger partial charge in [0, 0.05) is 6.54 Å². The third-order valence-corrected chi connectivity index (χ3v) is 5.44. The Morgan fingerprint density at radius 3 is 2.19 bits per heavy atom. The summed E-state index contributed by atoms with van der Waals surface area (Å²) in [5, 5.41) is 32.9. The number of likely N-dealkylation sites (tertiary alicyclic amines) is 1. The van der Waals surface area contributed by atoms with Crippen LogP contribution in [-0.2, 0) is 24.0 Å². The molecule has 12 heteroatoms. The Balaban J connectivity index is 2.99. The minimum absolute atomic E-state index is 0.113. The minimum atomic E-state index is -1.56. The average molecular weight is 444 g/mol. The number of carbonyl (C=O) groups excluding carboxylic acids is 3. The van der Waals surface area contributed by atoms with E-state index in [0.29, 0.717) is 12.8 Å². The van der Waals surface area contributed by atoms with Crippen molar-refractivity contribution in [3.8, 4) is 0 Å². The molecule has 0 aromatic rings. The second kappa shape index (κ2) is 11.6. The second-order valence-corrected chi connectivity index (χ2v) is 7.83. The van der Waals surface area contributed by atoms with Gasteiger partial charge in [-0.25, -0.2) is 4.79 Å². The van der Waals surface area contributed by atoms with E-state index < -0.39 is 66.4 Å². The van der Waals surface area contributed by atoms with Gasteiger partial charge >= 0.3 is 11.9 Å². The molecule has 3 amide bonds. The molecule has 7 N–H and O–H groups in total. The molecule has 0 radical (unpaired) electrons. The van der Waals surface area contributed by atoms with E-state index in [-0.39, 0.29) is 18.9 Å². The molecular weight excluding hydrogens is 412 g/mol. The van der Waals surface area contributed by atoms with Crippen LogP contribution < -0.4 is 16.4 Å². The van der Waals surface area contributed by atoms with E-state index in [4.69, 9.17) is 10.8 Å². The van der Waals surface area contributed by atoms with E-state index >= 15 is 0 Å². The van der Waals surface area contributed by atoms with E-state index in [2.05, 4.69) is 10.6 Å². The lowest BCUT2D eigenvalue weighted by Crippen LogP contribution is -2.60. The van der Waals surface area contributed by atoms with Crippen LogP contribution in [0.3, 0.4) is 0 Å². The van der Waals surface area contributed by atoms with Crippen molar-refractivity contribution in [3.63, 3.8) is 0 Å². The number of nitrogens with zero attached hydrogens (tertiary/aromatic N) is 1. The van der Waals surface area contributed by atoms with E-state index in [1.807, 2.05) is 6.92 Å². The van der Waals surface area contributed by atoms with Crippen LogP contribution in [0.25, 0.3) is 0 Å². The van der Waals surface area contributed by atoms with Gasteiger partial charge in [-0.2, -0.15) is 0 Å². The third kappa shape index (κ3) is 7.17. The smallest absolute Gasteiger partial charge is 0.326 e. The monoisotopic (exact) mass is 444 g/mol. The maximum Gasteiger partial charge on any atom is 0.326 e. The summed E-state index contributed by atoms with van der Waals surface area (Å²) in [6.07, 6.45) is -0.909. The van der Waals surface area contributed by atoms with Crippen LogP contribution in [0.1, 0.15) is 46.5 Å². The summed E-state index contributed by atoms with van der Waals surface area (Å²) in [6, 6.07) is -5.09. The topological polar surface area (TPSA) is 199 Å². The van der Waals surface area contributed by atoms with Crippen LogP contribution in [0.15, 0.2) is 0 Å². The first-order chi connectivity index (χ1) is 14.4. The van der Waals surface area contributed by atoms with Gasteiger partial charge in [-0.05, 0) is 25.7 Å². The summed E-state index contributed by atoms with van der Waals surface area (Å²) in [5.74, 6) is -5.32. The molecule has 1 saturated heterocycles. The number of aliphatic carboxylic acids is 2. The van der Waals surface area contributed by atoms with Gasteiger partial charge in [0.2, 0.25) is 17.7 Å². The number of aliphatic hydroxyl groups is 1. The van der Waals surface area contributed by atoms with Crippen LogP contribution in [-0.4, -0.2) is 86.7 Å². The van der Waals surface area contributed by atoms with Crippen molar-refractivity contribution < 1.29 is 39.3 Å². The molecule has 0 saturated carbocycles. The van der Waals surface area contributed by atoms with Gasteiger partial charge in [-0.15, -0.1) is 0 Å². The number of aliphatic hydroxyl groups excluding tert-OH is 1. The lowest BCUT2D eigenvalue weighted by atomic mass is 9.98. The summed E-state index contributed by atoms with van der Waals surface area (Å²) < 4.78 is 0. The van der Waals surface area contributed by atoms with Crippen molar-refractivity contribution >= 4 is 29.7 Å². The quantitative estimate of drug-likeness (QED) is 0.214. The highest BCUT2D eigenvalue weighted by atomic mass is 16.4. The molecule has 1 fully saturated rings. The highest BCUT2D eigenvalue weighted by Crippen LogP contribution is 2.19. The molecule has 31 heavy (non-hydrogen) atoms. The molecule has 0 aliphatic carbocycles. The van der Waals surface area contributed by atoms with Crippen molar-refractivity contribution in [2.45, 2.75) is 76.7 Å². The first kappa shape index (κ1) is 26.3. The minimum Gasteiger partial charge on any atom is -0.481 e. The Bertz CT molecular complexity index is 698. The lowest BCUT2D eigenvalue weighted by molar-refractivity contribution is -0.151. The average Bonchev–Trinajstić information content (AvgIpc) is 3.18. The van der Waals surface area contributed by atoms with Crippen LogP contribution in [0.4, 0.5) is 0 Å². The van der Waals surface area contributed by atoms with Gasteiger partial charge in [0.25, 0.3) is 0 Å². The number of hydrogen-bond donors (Lipinski definition) is 6. The van der Waals surface area contributed by atoms with Crippen molar-refractivity contribution in [3.05, 3.63) is 0 Å². The predicted octanol–water partition coefficient (Wildman–Crippen LogP) is -1.74. The third-order valence-electron chi connectivity index (χ3n) is 5.44. The molecule has 0 spiro atoms. The fourth-order valence-corrected chi connectivity index (χ4v) is 3.29. The van der Waals surface area contributed by atoms with Crippen LogP contribution in [0.5, 0.6) is 0 Å². The fraction of sp³-hybridized carbons (Fsp3) is 0.737. The summed E-state index contributed by atoms with van der Waals surface area (Å²) in [7, 11) is 0. The van der Waals surface area contributed by atoms with E-state index in [1.165, 1.54) is 6.92 Å². The molecule has 12 nitrogen and oxygen atoms in total. The van der Waals surface area contributed by atoms with Crippen molar-refractivity contribution in [1.82, 2.24) is 15.5 Å². The number of amides is 3. The number of carbonyl (C=O) groups is 5. The summed E-state index contributed by atoms with van der Waals surface area (Å²) in [6.45, 7) is 4.94. The number of nitrogens with two attached hydrogens (primary N) is 1. The highest BCUT2D eigenvalue weighted by Gasteiger charge is 2.39. The summed E-state index contributed by atoms with van der Waals surface area (Å²) in [4.78, 5) is 61.4. The van der Waals surface area contributed by atoms with Crippen molar-refractivity contribution in [1.29, 1.82) is 0 Å². The molecule has 6 unspecified atom stereocenters. The number of rotatable bonds is 11. The summed E-state index contributed by atoms with van der Waals surface area (Å²) >= 11 is 0. The number of carboxylic acid groups (broad SMARTS) is 2. The molecule has 1 aliphatic rings. The zero-order chi connectivity index (χ0) is 23.9. The van der Waals surface area contributed by atoms with Gasteiger partial charge in [-0.3, -0.25) is 19.2 Å². The predicted molar refractivity (Wildman–Crippen MR) is 108 cm³/mol. The number of carboxylic acids is 2. The van der Waals surface area contributed by atoms with E-state index in [9.17, 15) is 34.2 Å². The number of nitrogens with one attached hydrogen (secondary N) is 2. The van der Waals surface area contributed by atoms with E-state index in [1.54, 1.807) is 6.92 Å². The molecule has 1 rings (SSSR count). The maximum atomic E-state index is 12.8. The molecule has 0 bridgehead atoms. The molecule has 0 aromatic heterocycles. The Kier molecular flexibility index (Phi) is 9.85. The normalized spacial score (nSPS) is 20.8. The van der Waals surface area contributed by atoms with Crippen LogP contribution in [0, 0.1) is 5.92 Å². The first-order valence-corrected chi connectivity index (χ1v) is 10.2. The van der Waals surface area contributed by atoms with E-state index in [0.717, 1.165) is 4.90 Å². The van der Waals surface area contributed by atoms with Crippen molar-refractivity contribution in [2.75, 3.05) is 6.54 Å². The van der Waals surface area contributed by atoms with Gasteiger partial charge in [0.1, 0.15) is 18.1 Å². The largest absolute Gasteiger partial charge is 0.481 e. The molecule has 0 aromatic carbocycles. The van der Waals surface area contributed by atoms with Gasteiger partial charge in [0.15, 0.2) is 0 Å². The highest BCUT2D eigenvalue weighted by molar-refractivity contribution is 5.96. The SMILES string of the molecule is CCC(C)C(N)C(=O)NC(C(=O)NC(CC(=O)O)C(=O)N1CCCC1C(=O)O)C(C)O. The molecule has 1 heterocycles. The van der Waals surface area contributed by atoms with Gasteiger partial charge in [-0.1, -0.05) is 20.3 Å². The molecular formula is C19H32N4O8. The molecule has 6 atom stereocenters. The zero-order valence-electron chi connectivity index (χ0n) is 17.9. The van der Waals surface area contributed by atoms with Gasteiger partial charge < -0.3 is 36.6 Å². The lowest BCUT2D eigenvalue weighted by Gasteiger charge is -2.29. The Hall–Kier alpha value is -2.73. The maximum absolute atomic E-state index is 12.8. The van der Waals surface area contributed by atoms with Crippen molar-refractivity contribution in [2.24, 2.45) is 11.7 Å². The second-order valence-electron chi connectivity index (χ2n) is 7.83. The Labute approximate surface area is 180 Å². The standard InChI is InChI=1S/C19H32N4O8/c1-4-9(2)14(20)16(27)22-15(10(3)24)17(28)21-11(8-13(25)26)18(29)23-7-5-6-12(23)19(30)31/h9-12,14-15,24H,4-8,20H2,1-3H3,(H,21,28)(H,22,27)(H,25,26)(H,30,31). The molecule has 1 aliphatic heterocycles. The Morgan fingerprint density at radius 1 is 1.10 bits per heavy atom. The van der Waals surface area contributed by atoms with Gasteiger partial charge in [0.05, 0.1) is 18.6 Å². The molecule has 176 valence electrons. The zero-order valence-corrected chi connectivity index (χ0v) is 17.9. The number of hydrogen-bond acceptors (Lipinski definition) is 7. The Morgan fingerprint density at radius 2 is 1.71 bits per heavy atom. The summed E-state index contributed by atoms with van der Waals surface area (Å²) in [5.41, 5.74) is 5.84. The van der Waals surface area contributed by atoms with Crippen LogP contribution in [0.2, 0.25) is 0 Å². The first-order valence-electron chi connectivity index (χ1n) is 10.2. The van der Waals surface area contributed by atoms with Crippen LogP contribution >= 0.6 is 0 Å².